The Bertz CT molecular complexity index is 428. The lowest BCUT2D eigenvalue weighted by atomic mass is 9.96. The minimum absolute atomic E-state index is 0.0387. The number of aliphatic carboxylic acids is 2. The van der Waals surface area contributed by atoms with Gasteiger partial charge in [-0.1, -0.05) is 58.3 Å². The highest BCUT2D eigenvalue weighted by molar-refractivity contribution is 5.98. The van der Waals surface area contributed by atoms with E-state index < -0.39 is 18.2 Å². The van der Waals surface area contributed by atoms with E-state index in [-0.39, 0.29) is 17.6 Å². The molecular weight excluding hydrogens is 336 g/mol. The first-order chi connectivity index (χ1) is 12.4. The molecule has 0 aliphatic heterocycles. The fourth-order valence-corrected chi connectivity index (χ4v) is 3.01. The number of carboxylic acids is 2. The zero-order chi connectivity index (χ0) is 19.8. The van der Waals surface area contributed by atoms with Crippen molar-refractivity contribution in [2.24, 2.45) is 0 Å². The van der Waals surface area contributed by atoms with Crippen LogP contribution in [0.1, 0.15) is 96.8 Å². The Hall–Kier alpha value is -1.40. The van der Waals surface area contributed by atoms with Crippen LogP contribution >= 0.6 is 0 Å². The molecule has 0 fully saturated rings. The first-order valence-corrected chi connectivity index (χ1v) is 9.94. The molecule has 0 aromatic rings. The van der Waals surface area contributed by atoms with Crippen LogP contribution in [0.3, 0.4) is 0 Å². The Labute approximate surface area is 156 Å². The fourth-order valence-electron chi connectivity index (χ4n) is 3.01. The second kappa shape index (κ2) is 15.8. The minimum Gasteiger partial charge on any atom is -0.478 e. The number of hydrogen-bond donors (Lipinski definition) is 4. The van der Waals surface area contributed by atoms with E-state index >= 15 is 0 Å². The van der Waals surface area contributed by atoms with Crippen LogP contribution in [-0.4, -0.2) is 38.7 Å². The van der Waals surface area contributed by atoms with E-state index in [9.17, 15) is 19.8 Å². The number of aliphatic hydroxyl groups is 2. The number of aliphatic hydroxyl groups excluding tert-OH is 1. The van der Waals surface area contributed by atoms with Gasteiger partial charge in [0.2, 0.25) is 0 Å². The molecule has 4 N–H and O–H groups in total. The predicted molar refractivity (Wildman–Crippen MR) is 101 cm³/mol. The molecule has 0 saturated heterocycles. The van der Waals surface area contributed by atoms with Crippen LogP contribution in [0.2, 0.25) is 0 Å². The van der Waals surface area contributed by atoms with E-state index in [0.29, 0.717) is 25.7 Å². The number of carboxylic acid groups (broad SMARTS) is 2. The molecule has 0 aliphatic rings. The Morgan fingerprint density at radius 3 is 1.42 bits per heavy atom. The molecule has 0 aromatic carbocycles. The van der Waals surface area contributed by atoms with E-state index in [4.69, 9.17) is 10.2 Å². The van der Waals surface area contributed by atoms with Crippen molar-refractivity contribution in [1.82, 2.24) is 0 Å². The highest BCUT2D eigenvalue weighted by Crippen LogP contribution is 2.21. The van der Waals surface area contributed by atoms with Crippen molar-refractivity contribution < 1.29 is 30.0 Å². The third-order valence-electron chi connectivity index (χ3n) is 4.55. The van der Waals surface area contributed by atoms with Crippen molar-refractivity contribution in [3.8, 4) is 0 Å². The summed E-state index contributed by atoms with van der Waals surface area (Å²) in [4.78, 5) is 23.0. The summed E-state index contributed by atoms with van der Waals surface area (Å²) in [6.45, 7) is 2.14. The Morgan fingerprint density at radius 1 is 0.654 bits per heavy atom. The monoisotopic (exact) mass is 372 g/mol. The summed E-state index contributed by atoms with van der Waals surface area (Å²) in [6, 6.07) is 0. The van der Waals surface area contributed by atoms with Gasteiger partial charge < -0.3 is 20.4 Å². The molecule has 6 nitrogen and oxygen atoms in total. The molecule has 0 rings (SSSR count). The van der Waals surface area contributed by atoms with Gasteiger partial charge in [-0.3, -0.25) is 0 Å². The first kappa shape index (κ1) is 24.6. The van der Waals surface area contributed by atoms with Crippen molar-refractivity contribution >= 4 is 11.9 Å². The molecule has 0 aromatic heterocycles. The Morgan fingerprint density at radius 2 is 1.04 bits per heavy atom. The van der Waals surface area contributed by atoms with Gasteiger partial charge in [-0.2, -0.15) is 0 Å². The van der Waals surface area contributed by atoms with Gasteiger partial charge >= 0.3 is 11.9 Å². The molecule has 0 atom stereocenters. The maximum Gasteiger partial charge on any atom is 0.332 e. The highest BCUT2D eigenvalue weighted by atomic mass is 16.5. The van der Waals surface area contributed by atoms with Crippen molar-refractivity contribution in [2.45, 2.75) is 103 Å². The number of hydrogen-bond acceptors (Lipinski definition) is 4. The summed E-state index contributed by atoms with van der Waals surface area (Å²) in [7, 11) is 0. The molecule has 0 radical (unpaired) electrons. The van der Waals surface area contributed by atoms with E-state index in [1.165, 1.54) is 6.42 Å². The largest absolute Gasteiger partial charge is 0.478 e. The molecule has 0 saturated carbocycles. The lowest BCUT2D eigenvalue weighted by Crippen LogP contribution is -2.12. The van der Waals surface area contributed by atoms with Gasteiger partial charge in [-0.25, -0.2) is 9.59 Å². The van der Waals surface area contributed by atoms with Crippen LogP contribution in [0.25, 0.3) is 0 Å². The van der Waals surface area contributed by atoms with Crippen LogP contribution < -0.4 is 0 Å². The van der Waals surface area contributed by atoms with Crippen molar-refractivity contribution in [2.75, 3.05) is 0 Å². The molecule has 0 heterocycles. The van der Waals surface area contributed by atoms with E-state index in [1.54, 1.807) is 0 Å². The van der Waals surface area contributed by atoms with Gasteiger partial charge in [-0.15, -0.1) is 0 Å². The molecule has 0 spiro atoms. The van der Waals surface area contributed by atoms with Crippen LogP contribution in [0.4, 0.5) is 0 Å². The summed E-state index contributed by atoms with van der Waals surface area (Å²) >= 11 is 0. The SMILES string of the molecule is CCCCCCCCC(C(=O)O)=C(CCCCCCCC(O)O)C(=O)O. The highest BCUT2D eigenvalue weighted by Gasteiger charge is 2.19. The van der Waals surface area contributed by atoms with E-state index in [1.807, 2.05) is 0 Å². The maximum atomic E-state index is 11.5. The van der Waals surface area contributed by atoms with Crippen molar-refractivity contribution in [1.29, 1.82) is 0 Å². The number of unbranched alkanes of at least 4 members (excludes halogenated alkanes) is 9. The summed E-state index contributed by atoms with van der Waals surface area (Å²) in [5.41, 5.74) is 0.0910. The Balaban J connectivity index is 4.36. The van der Waals surface area contributed by atoms with Gasteiger partial charge in [-0.05, 0) is 38.5 Å². The smallest absolute Gasteiger partial charge is 0.332 e. The molecule has 152 valence electrons. The average Bonchev–Trinajstić information content (AvgIpc) is 2.57. The van der Waals surface area contributed by atoms with Gasteiger partial charge in [0, 0.05) is 11.1 Å². The van der Waals surface area contributed by atoms with Crippen molar-refractivity contribution in [3.05, 3.63) is 11.1 Å². The van der Waals surface area contributed by atoms with Gasteiger partial charge in [0.1, 0.15) is 0 Å². The van der Waals surface area contributed by atoms with Crippen LogP contribution in [0, 0.1) is 0 Å². The molecule has 6 heteroatoms. The van der Waals surface area contributed by atoms with Crippen LogP contribution in [0.5, 0.6) is 0 Å². The molecular formula is C20H36O6. The molecule has 0 amide bonds. The second-order valence-corrected chi connectivity index (χ2v) is 6.87. The van der Waals surface area contributed by atoms with Crippen molar-refractivity contribution in [3.63, 3.8) is 0 Å². The zero-order valence-corrected chi connectivity index (χ0v) is 16.1. The van der Waals surface area contributed by atoms with Gasteiger partial charge in [0.25, 0.3) is 0 Å². The van der Waals surface area contributed by atoms with Crippen LogP contribution in [-0.2, 0) is 9.59 Å². The molecule has 0 aliphatic carbocycles. The molecule has 0 bridgehead atoms. The summed E-state index contributed by atoms with van der Waals surface area (Å²) in [5, 5.41) is 36.3. The standard InChI is InChI=1S/C20H36O6/c1-2-3-4-5-7-10-13-16(19(23)24)17(20(25)26)14-11-8-6-9-12-15-18(21)22/h18,21-22H,2-15H2,1H3,(H,23,24)(H,25,26). The summed E-state index contributed by atoms with van der Waals surface area (Å²) in [6.07, 6.45) is 9.75. The summed E-state index contributed by atoms with van der Waals surface area (Å²) < 4.78 is 0. The fraction of sp³-hybridized carbons (Fsp3) is 0.800. The van der Waals surface area contributed by atoms with E-state index in [0.717, 1.165) is 51.4 Å². The Kier molecular flexibility index (Phi) is 15.0. The third-order valence-corrected chi connectivity index (χ3v) is 4.55. The predicted octanol–water partition coefficient (Wildman–Crippen LogP) is 4.24. The second-order valence-electron chi connectivity index (χ2n) is 6.87. The minimum atomic E-state index is -1.27. The first-order valence-electron chi connectivity index (χ1n) is 9.94. The molecule has 0 unspecified atom stereocenters. The number of rotatable bonds is 17. The average molecular weight is 373 g/mol. The zero-order valence-electron chi connectivity index (χ0n) is 16.1. The third kappa shape index (κ3) is 12.9. The van der Waals surface area contributed by atoms with Crippen LogP contribution in [0.15, 0.2) is 11.1 Å². The molecule has 26 heavy (non-hydrogen) atoms. The number of carbonyl (C=O) groups is 2. The van der Waals surface area contributed by atoms with Gasteiger partial charge in [0.05, 0.1) is 0 Å². The lowest BCUT2D eigenvalue weighted by Gasteiger charge is -2.09. The normalized spacial score (nSPS) is 12.3. The van der Waals surface area contributed by atoms with Gasteiger partial charge in [0.15, 0.2) is 6.29 Å². The maximum absolute atomic E-state index is 11.5. The van der Waals surface area contributed by atoms with E-state index in [2.05, 4.69) is 6.92 Å². The lowest BCUT2D eigenvalue weighted by molar-refractivity contribution is -0.136. The summed E-state index contributed by atoms with van der Waals surface area (Å²) in [5.74, 6) is -2.25. The quantitative estimate of drug-likeness (QED) is 0.172. The topological polar surface area (TPSA) is 115 Å².